The molecule has 3 rings (SSSR count). The Balaban J connectivity index is 2.27. The first-order valence-corrected chi connectivity index (χ1v) is 5.25. The zero-order valence-corrected chi connectivity index (χ0v) is 9.21. The number of aryl methyl sites for hydroxylation is 1. The van der Waals surface area contributed by atoms with Gasteiger partial charge < -0.3 is 0 Å². The molecule has 1 N–H and O–H groups in total. The molecular weight excluding hydrogens is 216 g/mol. The van der Waals surface area contributed by atoms with Gasteiger partial charge >= 0.3 is 0 Å². The van der Waals surface area contributed by atoms with Crippen LogP contribution in [0.2, 0.25) is 0 Å². The van der Waals surface area contributed by atoms with E-state index in [1.54, 1.807) is 12.3 Å². The van der Waals surface area contributed by atoms with E-state index in [0.29, 0.717) is 17.0 Å². The molecule has 3 aromatic rings. The third kappa shape index (κ3) is 1.61. The van der Waals surface area contributed by atoms with Crippen molar-refractivity contribution in [3.8, 4) is 11.4 Å². The molecule has 0 saturated carbocycles. The molecule has 0 bridgehead atoms. The van der Waals surface area contributed by atoms with Crippen LogP contribution in [-0.4, -0.2) is 19.6 Å². The summed E-state index contributed by atoms with van der Waals surface area (Å²) < 4.78 is 1.39. The Morgan fingerprint density at radius 2 is 2.06 bits per heavy atom. The van der Waals surface area contributed by atoms with Crippen molar-refractivity contribution in [1.82, 2.24) is 19.6 Å². The summed E-state index contributed by atoms with van der Waals surface area (Å²) in [5.41, 5.74) is 2.66. The average molecular weight is 226 g/mol. The number of hydrogen-bond acceptors (Lipinski definition) is 3. The Labute approximate surface area is 96.8 Å². The molecule has 3 aromatic heterocycles. The van der Waals surface area contributed by atoms with Gasteiger partial charge in [-0.15, -0.1) is 0 Å². The monoisotopic (exact) mass is 226 g/mol. The zero-order chi connectivity index (χ0) is 11.8. The van der Waals surface area contributed by atoms with Gasteiger partial charge in [0.25, 0.3) is 5.56 Å². The fourth-order valence-corrected chi connectivity index (χ4v) is 1.74. The maximum absolute atomic E-state index is 11.8. The van der Waals surface area contributed by atoms with Crippen LogP contribution in [-0.2, 0) is 0 Å². The number of H-pyrrole nitrogens is 1. The first-order chi connectivity index (χ1) is 8.24. The van der Waals surface area contributed by atoms with Crippen LogP contribution >= 0.6 is 0 Å². The smallest absolute Gasteiger partial charge is 0.273 e. The molecule has 0 spiro atoms. The third-order valence-electron chi connectivity index (χ3n) is 2.53. The minimum Gasteiger partial charge on any atom is -0.297 e. The normalized spacial score (nSPS) is 10.9. The lowest BCUT2D eigenvalue weighted by Crippen LogP contribution is -2.14. The van der Waals surface area contributed by atoms with Gasteiger partial charge in [0.2, 0.25) is 0 Å². The van der Waals surface area contributed by atoms with Crippen LogP contribution in [0.15, 0.2) is 41.3 Å². The molecule has 5 nitrogen and oxygen atoms in total. The van der Waals surface area contributed by atoms with Gasteiger partial charge in [0.05, 0.1) is 11.4 Å². The molecule has 0 aliphatic rings. The highest BCUT2D eigenvalue weighted by Gasteiger charge is 2.06. The Hall–Kier alpha value is -2.43. The summed E-state index contributed by atoms with van der Waals surface area (Å²) in [6, 6.07) is 8.88. The van der Waals surface area contributed by atoms with Crippen LogP contribution in [0.25, 0.3) is 17.0 Å². The van der Waals surface area contributed by atoms with Crippen LogP contribution in [0.4, 0.5) is 0 Å². The summed E-state index contributed by atoms with van der Waals surface area (Å²) >= 11 is 0. The molecule has 5 heteroatoms. The molecule has 0 unspecified atom stereocenters. The van der Waals surface area contributed by atoms with Gasteiger partial charge in [-0.3, -0.25) is 14.9 Å². The summed E-state index contributed by atoms with van der Waals surface area (Å²) in [5, 5.41) is 2.80. The number of aromatic nitrogens is 4. The summed E-state index contributed by atoms with van der Waals surface area (Å²) in [6.07, 6.45) is 1.68. The second-order valence-electron chi connectivity index (χ2n) is 3.80. The van der Waals surface area contributed by atoms with Crippen LogP contribution in [0.5, 0.6) is 0 Å². The SMILES string of the molecule is Cc1cccc(-c2cc(=O)n3[nH]ccc3n2)n1. The van der Waals surface area contributed by atoms with Crippen molar-refractivity contribution in [3.63, 3.8) is 0 Å². The highest BCUT2D eigenvalue weighted by atomic mass is 16.1. The van der Waals surface area contributed by atoms with Crippen LogP contribution < -0.4 is 5.56 Å². The minimum absolute atomic E-state index is 0.140. The van der Waals surface area contributed by atoms with Gasteiger partial charge in [0, 0.05) is 24.0 Å². The van der Waals surface area contributed by atoms with Crippen LogP contribution in [0.3, 0.4) is 0 Å². The van der Waals surface area contributed by atoms with Gasteiger partial charge in [-0.1, -0.05) is 6.07 Å². The Morgan fingerprint density at radius 1 is 1.18 bits per heavy atom. The molecule has 0 fully saturated rings. The molecule has 0 radical (unpaired) electrons. The quantitative estimate of drug-likeness (QED) is 0.682. The topological polar surface area (TPSA) is 63.0 Å². The molecule has 0 atom stereocenters. The number of fused-ring (bicyclic) bond motifs is 1. The highest BCUT2D eigenvalue weighted by molar-refractivity contribution is 5.57. The van der Waals surface area contributed by atoms with Crippen molar-refractivity contribution in [1.29, 1.82) is 0 Å². The van der Waals surface area contributed by atoms with Gasteiger partial charge in [-0.2, -0.15) is 0 Å². The van der Waals surface area contributed by atoms with Crippen LogP contribution in [0, 0.1) is 6.92 Å². The number of pyridine rings is 1. The Bertz CT molecular complexity index is 741. The number of nitrogens with zero attached hydrogens (tertiary/aromatic N) is 3. The van der Waals surface area contributed by atoms with Gasteiger partial charge in [0.15, 0.2) is 5.65 Å². The van der Waals surface area contributed by atoms with E-state index in [2.05, 4.69) is 15.1 Å². The molecule has 0 amide bonds. The minimum atomic E-state index is -0.140. The summed E-state index contributed by atoms with van der Waals surface area (Å²) in [5.74, 6) is 0. The maximum atomic E-state index is 11.8. The molecule has 17 heavy (non-hydrogen) atoms. The van der Waals surface area contributed by atoms with E-state index in [9.17, 15) is 4.79 Å². The molecule has 0 aliphatic heterocycles. The molecule has 84 valence electrons. The molecule has 3 heterocycles. The molecule has 0 saturated heterocycles. The van der Waals surface area contributed by atoms with Crippen molar-refractivity contribution >= 4 is 5.65 Å². The number of rotatable bonds is 1. The second kappa shape index (κ2) is 3.55. The van der Waals surface area contributed by atoms with Crippen molar-refractivity contribution in [2.45, 2.75) is 6.92 Å². The largest absolute Gasteiger partial charge is 0.297 e. The Kier molecular flexibility index (Phi) is 2.04. The summed E-state index contributed by atoms with van der Waals surface area (Å²) in [6.45, 7) is 1.91. The molecule has 0 aliphatic carbocycles. The van der Waals surface area contributed by atoms with E-state index in [0.717, 1.165) is 5.69 Å². The third-order valence-corrected chi connectivity index (χ3v) is 2.53. The van der Waals surface area contributed by atoms with E-state index >= 15 is 0 Å². The first kappa shape index (κ1) is 9.77. The van der Waals surface area contributed by atoms with E-state index in [1.165, 1.54) is 10.6 Å². The Morgan fingerprint density at radius 3 is 2.88 bits per heavy atom. The van der Waals surface area contributed by atoms with Gasteiger partial charge in [0.1, 0.15) is 0 Å². The second-order valence-corrected chi connectivity index (χ2v) is 3.80. The predicted molar refractivity (Wildman–Crippen MR) is 63.8 cm³/mol. The van der Waals surface area contributed by atoms with E-state index in [4.69, 9.17) is 0 Å². The standard InChI is InChI=1S/C12H10N4O/c1-8-3-2-4-9(14-8)10-7-12(17)16-11(15-10)5-6-13-16/h2-7,13H,1H3. The van der Waals surface area contributed by atoms with Crippen molar-refractivity contribution in [3.05, 3.63) is 52.6 Å². The van der Waals surface area contributed by atoms with E-state index in [1.807, 2.05) is 25.1 Å². The fourth-order valence-electron chi connectivity index (χ4n) is 1.74. The predicted octanol–water partition coefficient (Wildman–Crippen LogP) is 1.39. The summed E-state index contributed by atoms with van der Waals surface area (Å²) in [4.78, 5) is 20.5. The highest BCUT2D eigenvalue weighted by Crippen LogP contribution is 2.13. The molecule has 0 aromatic carbocycles. The molecular formula is C12H10N4O. The van der Waals surface area contributed by atoms with Crippen molar-refractivity contribution in [2.75, 3.05) is 0 Å². The van der Waals surface area contributed by atoms with Gasteiger partial charge in [-0.25, -0.2) is 9.50 Å². The fraction of sp³-hybridized carbons (Fsp3) is 0.0833. The number of nitrogens with one attached hydrogen (secondary N) is 1. The maximum Gasteiger partial charge on any atom is 0.273 e. The lowest BCUT2D eigenvalue weighted by Gasteiger charge is -2.01. The van der Waals surface area contributed by atoms with E-state index < -0.39 is 0 Å². The van der Waals surface area contributed by atoms with Crippen molar-refractivity contribution in [2.24, 2.45) is 0 Å². The summed E-state index contributed by atoms with van der Waals surface area (Å²) in [7, 11) is 0. The van der Waals surface area contributed by atoms with Gasteiger partial charge in [-0.05, 0) is 19.1 Å². The average Bonchev–Trinajstić information content (AvgIpc) is 2.77. The van der Waals surface area contributed by atoms with Crippen molar-refractivity contribution < 1.29 is 0 Å². The van der Waals surface area contributed by atoms with E-state index in [-0.39, 0.29) is 5.56 Å². The lowest BCUT2D eigenvalue weighted by atomic mass is 10.2. The lowest BCUT2D eigenvalue weighted by molar-refractivity contribution is 0.900. The zero-order valence-electron chi connectivity index (χ0n) is 9.21. The first-order valence-electron chi connectivity index (χ1n) is 5.25. The number of aromatic amines is 1. The number of hydrogen-bond donors (Lipinski definition) is 1. The van der Waals surface area contributed by atoms with Crippen LogP contribution in [0.1, 0.15) is 5.69 Å².